The van der Waals surface area contributed by atoms with Gasteiger partial charge in [-0.1, -0.05) is 61.5 Å². The van der Waals surface area contributed by atoms with Crippen molar-refractivity contribution in [2.45, 2.75) is 19.3 Å². The number of allylic oxidation sites excluding steroid dienone is 1. The van der Waals surface area contributed by atoms with Gasteiger partial charge in [-0.3, -0.25) is 9.97 Å². The first-order chi connectivity index (χ1) is 16.2. The summed E-state index contributed by atoms with van der Waals surface area (Å²) in [5, 5.41) is 1.23. The van der Waals surface area contributed by atoms with Gasteiger partial charge in [-0.05, 0) is 59.2 Å². The molecule has 3 nitrogen and oxygen atoms in total. The quantitative estimate of drug-likeness (QED) is 0.313. The number of para-hydroxylation sites is 1. The summed E-state index contributed by atoms with van der Waals surface area (Å²) in [6.07, 6.45) is 2.99. The Balaban J connectivity index is 1.30. The number of rotatable bonds is 4. The number of aryl methyl sites for hydroxylation is 1. The molecule has 1 unspecified atom stereocenters. The maximum absolute atomic E-state index is 5.02. The fraction of sp³-hybridized carbons (Fsp3) is 0.133. The smallest absolute Gasteiger partial charge is 0.0870 e. The summed E-state index contributed by atoms with van der Waals surface area (Å²) in [6.45, 7) is 2.26. The largest absolute Gasteiger partial charge is 0.342 e. The Bertz CT molecular complexity index is 1520. The zero-order valence-electron chi connectivity index (χ0n) is 18.9. The van der Waals surface area contributed by atoms with Gasteiger partial charge in [0.2, 0.25) is 0 Å². The number of hydrogen-bond donors (Lipinski definition) is 0. The van der Waals surface area contributed by atoms with Crippen molar-refractivity contribution in [3.05, 3.63) is 119 Å². The van der Waals surface area contributed by atoms with Crippen molar-refractivity contribution in [1.29, 1.82) is 0 Å². The first-order valence-electron chi connectivity index (χ1n) is 11.4. The highest BCUT2D eigenvalue weighted by molar-refractivity contribution is 5.90. The van der Waals surface area contributed by atoms with Gasteiger partial charge in [0.1, 0.15) is 0 Å². The number of nitrogens with zero attached hydrogens (tertiary/aromatic N) is 3. The molecule has 0 bridgehead atoms. The molecule has 33 heavy (non-hydrogen) atoms. The molecule has 0 N–H and O–H groups in total. The van der Waals surface area contributed by atoms with E-state index in [1.807, 2.05) is 0 Å². The predicted molar refractivity (Wildman–Crippen MR) is 136 cm³/mol. The molecule has 3 aromatic heterocycles. The first kappa shape index (κ1) is 19.7. The minimum Gasteiger partial charge on any atom is -0.342 e. The van der Waals surface area contributed by atoms with Gasteiger partial charge in [-0.25, -0.2) is 0 Å². The van der Waals surface area contributed by atoms with Crippen molar-refractivity contribution in [3.8, 4) is 11.4 Å². The molecule has 0 spiro atoms. The Hall–Kier alpha value is -3.98. The number of aromatic nitrogens is 3. The summed E-state index contributed by atoms with van der Waals surface area (Å²) >= 11 is 0. The Morgan fingerprint density at radius 1 is 0.758 bits per heavy atom. The molecule has 0 radical (unpaired) electrons. The maximum atomic E-state index is 5.02. The van der Waals surface area contributed by atoms with Crippen LogP contribution in [-0.2, 0) is 13.5 Å². The second-order valence-corrected chi connectivity index (χ2v) is 8.80. The lowest BCUT2D eigenvalue weighted by atomic mass is 9.95. The molecule has 160 valence electrons. The van der Waals surface area contributed by atoms with Crippen LogP contribution in [0.15, 0.2) is 91.0 Å². The molecule has 3 heterocycles. The van der Waals surface area contributed by atoms with E-state index in [0.717, 1.165) is 28.5 Å². The van der Waals surface area contributed by atoms with Gasteiger partial charge in [-0.2, -0.15) is 0 Å². The van der Waals surface area contributed by atoms with Crippen LogP contribution in [0, 0.1) is 0 Å². The molecule has 0 saturated heterocycles. The third-order valence-corrected chi connectivity index (χ3v) is 6.73. The molecule has 1 aliphatic carbocycles. The van der Waals surface area contributed by atoms with E-state index in [1.54, 1.807) is 0 Å². The van der Waals surface area contributed by atoms with Gasteiger partial charge in [0, 0.05) is 41.7 Å². The minimum atomic E-state index is 0.358. The zero-order valence-corrected chi connectivity index (χ0v) is 18.9. The second-order valence-electron chi connectivity index (χ2n) is 8.80. The van der Waals surface area contributed by atoms with Crippen LogP contribution < -0.4 is 0 Å². The summed E-state index contributed by atoms with van der Waals surface area (Å²) in [5.41, 5.74) is 10.4. The SMILES string of the molecule is CC1C(c2cccc(Cc3cccc(-c4cc5ccccc5n4C)n3)n2)=Cc2ccccc21. The second kappa shape index (κ2) is 7.86. The Kier molecular flexibility index (Phi) is 4.69. The van der Waals surface area contributed by atoms with Crippen molar-refractivity contribution < 1.29 is 0 Å². The van der Waals surface area contributed by atoms with Crippen molar-refractivity contribution in [3.63, 3.8) is 0 Å². The lowest BCUT2D eigenvalue weighted by Crippen LogP contribution is -2.01. The summed E-state index contributed by atoms with van der Waals surface area (Å²) < 4.78 is 2.21. The van der Waals surface area contributed by atoms with Crippen LogP contribution in [0.1, 0.15) is 41.1 Å². The van der Waals surface area contributed by atoms with E-state index in [9.17, 15) is 0 Å². The highest BCUT2D eigenvalue weighted by Gasteiger charge is 2.22. The van der Waals surface area contributed by atoms with E-state index in [0.29, 0.717) is 12.3 Å². The van der Waals surface area contributed by atoms with Crippen molar-refractivity contribution in [2.24, 2.45) is 7.05 Å². The summed E-state index contributed by atoms with van der Waals surface area (Å²) in [7, 11) is 2.10. The van der Waals surface area contributed by atoms with Crippen LogP contribution in [0.4, 0.5) is 0 Å². The fourth-order valence-corrected chi connectivity index (χ4v) is 4.97. The van der Waals surface area contributed by atoms with Crippen LogP contribution >= 0.6 is 0 Å². The van der Waals surface area contributed by atoms with E-state index in [-0.39, 0.29) is 0 Å². The van der Waals surface area contributed by atoms with Gasteiger partial charge in [0.25, 0.3) is 0 Å². The molecule has 3 heteroatoms. The zero-order chi connectivity index (χ0) is 22.4. The van der Waals surface area contributed by atoms with E-state index in [1.165, 1.54) is 27.6 Å². The average molecular weight is 428 g/mol. The monoisotopic (exact) mass is 427 g/mol. The van der Waals surface area contributed by atoms with Crippen LogP contribution in [0.5, 0.6) is 0 Å². The normalized spacial score (nSPS) is 15.0. The third-order valence-electron chi connectivity index (χ3n) is 6.73. The number of benzene rings is 2. The lowest BCUT2D eigenvalue weighted by Gasteiger charge is -2.12. The van der Waals surface area contributed by atoms with Crippen LogP contribution in [0.2, 0.25) is 0 Å². The molecule has 5 aromatic rings. The number of hydrogen-bond acceptors (Lipinski definition) is 2. The fourth-order valence-electron chi connectivity index (χ4n) is 4.97. The molecule has 6 rings (SSSR count). The standard InChI is InChI=1S/C30H25N3/c1-20-25-13-5-3-9-21(25)17-26(20)27-14-7-11-23(31-27)19-24-12-8-15-28(32-24)30-18-22-10-4-6-16-29(22)33(30)2/h3-18,20H,19H2,1-2H3. The van der Waals surface area contributed by atoms with Gasteiger partial charge in [-0.15, -0.1) is 0 Å². The Labute approximate surface area is 194 Å². The van der Waals surface area contributed by atoms with E-state index >= 15 is 0 Å². The predicted octanol–water partition coefficient (Wildman–Crippen LogP) is 6.88. The number of fused-ring (bicyclic) bond motifs is 2. The molecule has 0 amide bonds. The van der Waals surface area contributed by atoms with E-state index < -0.39 is 0 Å². The molecule has 1 atom stereocenters. The summed E-state index contributed by atoms with van der Waals surface area (Å²) in [4.78, 5) is 10.0. The molecule has 1 aliphatic rings. The molecule has 0 fully saturated rings. The summed E-state index contributed by atoms with van der Waals surface area (Å²) in [5.74, 6) is 0.358. The van der Waals surface area contributed by atoms with Crippen molar-refractivity contribution in [1.82, 2.24) is 14.5 Å². The van der Waals surface area contributed by atoms with Crippen molar-refractivity contribution in [2.75, 3.05) is 0 Å². The molecular weight excluding hydrogens is 402 g/mol. The molecule has 0 aliphatic heterocycles. The highest BCUT2D eigenvalue weighted by atomic mass is 15.0. The maximum Gasteiger partial charge on any atom is 0.0870 e. The highest BCUT2D eigenvalue weighted by Crippen LogP contribution is 2.40. The van der Waals surface area contributed by atoms with Gasteiger partial charge < -0.3 is 4.57 Å². The molecule has 0 saturated carbocycles. The molecular formula is C30H25N3. The van der Waals surface area contributed by atoms with Crippen LogP contribution in [0.3, 0.4) is 0 Å². The third kappa shape index (κ3) is 3.46. The number of pyridine rings is 2. The van der Waals surface area contributed by atoms with E-state index in [2.05, 4.69) is 116 Å². The van der Waals surface area contributed by atoms with Crippen LogP contribution in [0.25, 0.3) is 33.9 Å². The van der Waals surface area contributed by atoms with Gasteiger partial charge in [0.05, 0.1) is 17.1 Å². The average Bonchev–Trinajstić information content (AvgIpc) is 3.37. The molecule has 2 aromatic carbocycles. The van der Waals surface area contributed by atoms with E-state index in [4.69, 9.17) is 9.97 Å². The lowest BCUT2D eigenvalue weighted by molar-refractivity contribution is 0.952. The Morgan fingerprint density at radius 3 is 2.24 bits per heavy atom. The van der Waals surface area contributed by atoms with Gasteiger partial charge >= 0.3 is 0 Å². The van der Waals surface area contributed by atoms with Gasteiger partial charge in [0.15, 0.2) is 0 Å². The first-order valence-corrected chi connectivity index (χ1v) is 11.4. The Morgan fingerprint density at radius 2 is 1.45 bits per heavy atom. The topological polar surface area (TPSA) is 30.7 Å². The van der Waals surface area contributed by atoms with Crippen molar-refractivity contribution >= 4 is 22.6 Å². The van der Waals surface area contributed by atoms with Crippen LogP contribution in [-0.4, -0.2) is 14.5 Å². The minimum absolute atomic E-state index is 0.358. The summed E-state index contributed by atoms with van der Waals surface area (Å²) in [6, 6.07) is 31.9.